The van der Waals surface area contributed by atoms with Crippen LogP contribution in [0.15, 0.2) is 0 Å². The fourth-order valence-electron chi connectivity index (χ4n) is 1.48. The van der Waals surface area contributed by atoms with Crippen molar-refractivity contribution in [3.8, 4) is 0 Å². The lowest BCUT2D eigenvalue weighted by molar-refractivity contribution is -0.120. The molecule has 1 aliphatic rings. The van der Waals surface area contributed by atoms with E-state index in [1.54, 1.807) is 0 Å². The highest BCUT2D eigenvalue weighted by molar-refractivity contribution is 5.85. The van der Waals surface area contributed by atoms with Gasteiger partial charge in [0.05, 0.1) is 0 Å². The van der Waals surface area contributed by atoms with Crippen LogP contribution in [0.25, 0.3) is 0 Å². The van der Waals surface area contributed by atoms with Crippen molar-refractivity contribution < 1.29 is 4.79 Å². The molecule has 1 amide bonds. The summed E-state index contributed by atoms with van der Waals surface area (Å²) >= 11 is 0. The van der Waals surface area contributed by atoms with E-state index in [-0.39, 0.29) is 18.3 Å². The van der Waals surface area contributed by atoms with E-state index in [0.717, 1.165) is 13.1 Å². The van der Waals surface area contributed by atoms with Crippen molar-refractivity contribution in [3.63, 3.8) is 0 Å². The van der Waals surface area contributed by atoms with Crippen molar-refractivity contribution in [1.82, 2.24) is 10.2 Å². The second-order valence-electron chi connectivity index (χ2n) is 3.25. The van der Waals surface area contributed by atoms with E-state index in [2.05, 4.69) is 10.2 Å². The molecule has 0 bridgehead atoms. The molecule has 0 aliphatic carbocycles. The zero-order valence-electron chi connectivity index (χ0n) is 8.21. The molecule has 0 aromatic rings. The molecule has 0 aromatic heterocycles. The molecule has 1 aliphatic heterocycles. The van der Waals surface area contributed by atoms with Crippen LogP contribution in [0.3, 0.4) is 0 Å². The highest BCUT2D eigenvalue weighted by atomic mass is 35.5. The maximum absolute atomic E-state index is 10.9. The summed E-state index contributed by atoms with van der Waals surface area (Å²) in [6.07, 6.45) is 3.24. The van der Waals surface area contributed by atoms with Crippen LogP contribution in [-0.2, 0) is 4.79 Å². The first-order valence-corrected chi connectivity index (χ1v) is 4.82. The van der Waals surface area contributed by atoms with E-state index >= 15 is 0 Å². The number of nitrogens with zero attached hydrogens (tertiary/aromatic N) is 1. The second-order valence-corrected chi connectivity index (χ2v) is 3.25. The SMILES string of the molecule is CCC(=O)NCCN1CCCC1.Cl. The molecule has 4 heteroatoms. The van der Waals surface area contributed by atoms with Gasteiger partial charge in [-0.25, -0.2) is 0 Å². The quantitative estimate of drug-likeness (QED) is 0.746. The molecule has 0 atom stereocenters. The van der Waals surface area contributed by atoms with Crippen LogP contribution < -0.4 is 5.32 Å². The van der Waals surface area contributed by atoms with Crippen molar-refractivity contribution in [2.24, 2.45) is 0 Å². The minimum absolute atomic E-state index is 0. The fraction of sp³-hybridized carbons (Fsp3) is 0.889. The molecule has 0 saturated carbocycles. The number of hydrogen-bond acceptors (Lipinski definition) is 2. The maximum Gasteiger partial charge on any atom is 0.219 e. The molecule has 13 heavy (non-hydrogen) atoms. The lowest BCUT2D eigenvalue weighted by atomic mass is 10.4. The van der Waals surface area contributed by atoms with Crippen molar-refractivity contribution in [2.75, 3.05) is 26.2 Å². The average molecular weight is 207 g/mol. The Morgan fingerprint density at radius 3 is 2.54 bits per heavy atom. The number of halogens is 1. The monoisotopic (exact) mass is 206 g/mol. The lowest BCUT2D eigenvalue weighted by Crippen LogP contribution is -2.33. The molecule has 1 fully saturated rings. The van der Waals surface area contributed by atoms with Crippen molar-refractivity contribution in [2.45, 2.75) is 26.2 Å². The van der Waals surface area contributed by atoms with Gasteiger partial charge in [0.1, 0.15) is 0 Å². The molecular weight excluding hydrogens is 188 g/mol. The molecule has 0 spiro atoms. The molecule has 3 nitrogen and oxygen atoms in total. The Bertz CT molecular complexity index is 147. The van der Waals surface area contributed by atoms with Crippen LogP contribution in [0, 0.1) is 0 Å². The van der Waals surface area contributed by atoms with Crippen LogP contribution >= 0.6 is 12.4 Å². The van der Waals surface area contributed by atoms with Gasteiger partial charge in [0, 0.05) is 19.5 Å². The van der Waals surface area contributed by atoms with Crippen molar-refractivity contribution >= 4 is 18.3 Å². The molecule has 0 aromatic carbocycles. The van der Waals surface area contributed by atoms with Gasteiger partial charge in [0.25, 0.3) is 0 Å². The van der Waals surface area contributed by atoms with Gasteiger partial charge in [-0.2, -0.15) is 0 Å². The summed E-state index contributed by atoms with van der Waals surface area (Å²) in [5.41, 5.74) is 0. The molecular formula is C9H19ClN2O. The van der Waals surface area contributed by atoms with Gasteiger partial charge < -0.3 is 10.2 Å². The minimum atomic E-state index is 0. The summed E-state index contributed by atoms with van der Waals surface area (Å²) in [4.78, 5) is 13.3. The van der Waals surface area contributed by atoms with Crippen molar-refractivity contribution in [1.29, 1.82) is 0 Å². The Morgan fingerprint density at radius 1 is 1.38 bits per heavy atom. The summed E-state index contributed by atoms with van der Waals surface area (Å²) in [6.45, 7) is 6.13. The van der Waals surface area contributed by atoms with Crippen LogP contribution in [0.1, 0.15) is 26.2 Å². The van der Waals surface area contributed by atoms with Gasteiger partial charge in [-0.3, -0.25) is 4.79 Å². The molecule has 1 saturated heterocycles. The zero-order chi connectivity index (χ0) is 8.81. The lowest BCUT2D eigenvalue weighted by Gasteiger charge is -2.14. The second kappa shape index (κ2) is 7.15. The van der Waals surface area contributed by atoms with E-state index < -0.39 is 0 Å². The molecule has 0 radical (unpaired) electrons. The van der Waals surface area contributed by atoms with Gasteiger partial charge in [-0.05, 0) is 25.9 Å². The average Bonchev–Trinajstić information content (AvgIpc) is 2.57. The summed E-state index contributed by atoms with van der Waals surface area (Å²) in [5.74, 6) is 0.161. The number of nitrogens with one attached hydrogen (secondary N) is 1. The number of rotatable bonds is 4. The van der Waals surface area contributed by atoms with Gasteiger partial charge >= 0.3 is 0 Å². The Hall–Kier alpha value is -0.280. The normalized spacial score (nSPS) is 16.7. The Labute approximate surface area is 86.3 Å². The Morgan fingerprint density at radius 2 is 2.00 bits per heavy atom. The molecule has 1 rings (SSSR count). The first-order chi connectivity index (χ1) is 5.83. The highest BCUT2D eigenvalue weighted by Crippen LogP contribution is 2.05. The van der Waals surface area contributed by atoms with Gasteiger partial charge in [0.15, 0.2) is 0 Å². The van der Waals surface area contributed by atoms with Crippen molar-refractivity contribution in [3.05, 3.63) is 0 Å². The van der Waals surface area contributed by atoms with E-state index in [4.69, 9.17) is 0 Å². The third kappa shape index (κ3) is 5.11. The van der Waals surface area contributed by atoms with E-state index in [0.29, 0.717) is 6.42 Å². The largest absolute Gasteiger partial charge is 0.355 e. The molecule has 1 heterocycles. The number of amides is 1. The predicted molar refractivity (Wildman–Crippen MR) is 56.2 cm³/mol. The van der Waals surface area contributed by atoms with Gasteiger partial charge in [-0.1, -0.05) is 6.92 Å². The standard InChI is InChI=1S/C9H18N2O.ClH/c1-2-9(12)10-5-8-11-6-3-4-7-11;/h2-8H2,1H3,(H,10,12);1H. The number of likely N-dealkylation sites (tertiary alicyclic amines) is 1. The van der Waals surface area contributed by atoms with E-state index in [1.807, 2.05) is 6.92 Å². The van der Waals surface area contributed by atoms with Crippen LogP contribution in [0.2, 0.25) is 0 Å². The number of carbonyl (C=O) groups is 1. The summed E-state index contributed by atoms with van der Waals surface area (Å²) in [6, 6.07) is 0. The van der Waals surface area contributed by atoms with Crippen LogP contribution in [0.5, 0.6) is 0 Å². The zero-order valence-corrected chi connectivity index (χ0v) is 9.03. The van der Waals surface area contributed by atoms with Crippen LogP contribution in [0.4, 0.5) is 0 Å². The Kier molecular flexibility index (Phi) is 7.00. The van der Waals surface area contributed by atoms with Gasteiger partial charge in [0.2, 0.25) is 5.91 Å². The van der Waals surface area contributed by atoms with Gasteiger partial charge in [-0.15, -0.1) is 12.4 Å². The summed E-state index contributed by atoms with van der Waals surface area (Å²) in [5, 5.41) is 2.88. The predicted octanol–water partition coefficient (Wildman–Crippen LogP) is 1.03. The first kappa shape index (κ1) is 12.7. The third-order valence-electron chi connectivity index (χ3n) is 2.27. The fourth-order valence-corrected chi connectivity index (χ4v) is 1.48. The topological polar surface area (TPSA) is 32.3 Å². The highest BCUT2D eigenvalue weighted by Gasteiger charge is 2.10. The maximum atomic E-state index is 10.9. The smallest absolute Gasteiger partial charge is 0.219 e. The third-order valence-corrected chi connectivity index (χ3v) is 2.27. The number of carbonyl (C=O) groups excluding carboxylic acids is 1. The van der Waals surface area contributed by atoms with Crippen LogP contribution in [-0.4, -0.2) is 37.0 Å². The van der Waals surface area contributed by atoms with E-state index in [1.165, 1.54) is 25.9 Å². The Balaban J connectivity index is 0.00000144. The molecule has 0 unspecified atom stereocenters. The number of hydrogen-bond donors (Lipinski definition) is 1. The molecule has 78 valence electrons. The summed E-state index contributed by atoms with van der Waals surface area (Å²) in [7, 11) is 0. The first-order valence-electron chi connectivity index (χ1n) is 4.82. The minimum Gasteiger partial charge on any atom is -0.355 e. The van der Waals surface area contributed by atoms with E-state index in [9.17, 15) is 4.79 Å². The summed E-state index contributed by atoms with van der Waals surface area (Å²) < 4.78 is 0. The molecule has 1 N–H and O–H groups in total.